The van der Waals surface area contributed by atoms with Gasteiger partial charge < -0.3 is 19.3 Å². The van der Waals surface area contributed by atoms with E-state index in [9.17, 15) is 19.5 Å². The maximum atomic E-state index is 13.3. The number of hydrogen-bond donors (Lipinski definition) is 1. The van der Waals surface area contributed by atoms with Crippen molar-refractivity contribution in [2.24, 2.45) is 0 Å². The summed E-state index contributed by atoms with van der Waals surface area (Å²) >= 11 is 0. The molecule has 1 atom stereocenters. The number of carbonyl (C=O) groups is 2. The Morgan fingerprint density at radius 2 is 1.93 bits per heavy atom. The lowest BCUT2D eigenvalue weighted by Crippen LogP contribution is -2.52. The first kappa shape index (κ1) is 18.0. The number of aromatic nitrogens is 1. The second-order valence-corrected chi connectivity index (χ2v) is 8.15. The molecule has 2 bridgehead atoms. The quantitative estimate of drug-likeness (QED) is 0.860. The fourth-order valence-corrected chi connectivity index (χ4v) is 5.18. The molecule has 1 saturated heterocycles. The molecule has 1 spiro atoms. The van der Waals surface area contributed by atoms with Crippen molar-refractivity contribution in [3.8, 4) is 5.75 Å². The number of pyridine rings is 1. The first-order valence-electron chi connectivity index (χ1n) is 10.0. The number of benzene rings is 1. The number of carbonyl (C=O) groups excluding carboxylic acids is 1. The van der Waals surface area contributed by atoms with Crippen LogP contribution in [0.2, 0.25) is 0 Å². The van der Waals surface area contributed by atoms with Gasteiger partial charge in [-0.05, 0) is 37.7 Å². The first-order valence-corrected chi connectivity index (χ1v) is 10.0. The molecule has 1 amide bonds. The van der Waals surface area contributed by atoms with Gasteiger partial charge >= 0.3 is 5.97 Å². The average molecular weight is 394 g/mol. The summed E-state index contributed by atoms with van der Waals surface area (Å²) in [4.78, 5) is 40.3. The maximum absolute atomic E-state index is 13.3. The molecule has 150 valence electrons. The van der Waals surface area contributed by atoms with Crippen LogP contribution in [-0.2, 0) is 18.6 Å². The summed E-state index contributed by atoms with van der Waals surface area (Å²) in [7, 11) is 0. The normalized spacial score (nSPS) is 22.2. The van der Waals surface area contributed by atoms with Gasteiger partial charge in [0.1, 0.15) is 12.2 Å². The Labute approximate surface area is 167 Å². The van der Waals surface area contributed by atoms with Gasteiger partial charge in [-0.1, -0.05) is 30.3 Å². The van der Waals surface area contributed by atoms with E-state index in [4.69, 9.17) is 4.74 Å². The molecule has 4 heterocycles. The van der Waals surface area contributed by atoms with Crippen LogP contribution in [0.15, 0.2) is 35.1 Å². The highest BCUT2D eigenvalue weighted by molar-refractivity contribution is 5.99. The minimum absolute atomic E-state index is 0.0990. The number of carboxylic acid groups (broad SMARTS) is 1. The second-order valence-electron chi connectivity index (χ2n) is 8.15. The number of amides is 1. The fourth-order valence-electron chi connectivity index (χ4n) is 5.18. The lowest BCUT2D eigenvalue weighted by molar-refractivity contribution is 0.0575. The van der Waals surface area contributed by atoms with Crippen molar-refractivity contribution in [1.29, 1.82) is 0 Å². The van der Waals surface area contributed by atoms with Crippen molar-refractivity contribution >= 4 is 11.9 Å². The molecule has 0 radical (unpaired) electrons. The van der Waals surface area contributed by atoms with Gasteiger partial charge in [-0.2, -0.15) is 0 Å². The largest absolute Gasteiger partial charge is 0.483 e. The zero-order valence-electron chi connectivity index (χ0n) is 16.0. The van der Waals surface area contributed by atoms with Crippen molar-refractivity contribution < 1.29 is 19.4 Å². The highest BCUT2D eigenvalue weighted by Crippen LogP contribution is 2.45. The van der Waals surface area contributed by atoms with Gasteiger partial charge in [0, 0.05) is 18.8 Å². The molecule has 0 saturated carbocycles. The van der Waals surface area contributed by atoms with Gasteiger partial charge in [0.15, 0.2) is 11.4 Å². The molecule has 5 rings (SSSR count). The Hall–Kier alpha value is -3.09. The first-order chi connectivity index (χ1) is 14.0. The van der Waals surface area contributed by atoms with Crippen molar-refractivity contribution in [3.05, 3.63) is 63.1 Å². The van der Waals surface area contributed by atoms with Crippen LogP contribution in [-0.4, -0.2) is 39.5 Å². The number of aromatic carboxylic acids is 1. The molecule has 1 aromatic carbocycles. The van der Waals surface area contributed by atoms with Crippen LogP contribution in [0.3, 0.4) is 0 Å². The van der Waals surface area contributed by atoms with Crippen molar-refractivity contribution in [1.82, 2.24) is 9.47 Å². The smallest absolute Gasteiger partial charge is 0.341 e. The van der Waals surface area contributed by atoms with Gasteiger partial charge in [0.2, 0.25) is 5.43 Å². The molecule has 3 aliphatic heterocycles. The van der Waals surface area contributed by atoms with Crippen molar-refractivity contribution in [2.45, 2.75) is 44.2 Å². The van der Waals surface area contributed by atoms with E-state index in [0.717, 1.165) is 31.2 Å². The predicted octanol–water partition coefficient (Wildman–Crippen LogP) is 2.41. The second kappa shape index (κ2) is 6.47. The standard InChI is InChI=1S/C22H22N2O5/c25-18-16(21(27)28)15-8-10-22-9-4-5-11-23(13-22)20(26)17(24(15)22)19(18)29-12-14-6-2-1-3-7-14/h1-3,6-7H,4-5,8-13H2,(H,27,28). The molecule has 1 aromatic heterocycles. The van der Waals surface area contributed by atoms with Crippen LogP contribution in [0, 0.1) is 0 Å². The number of hydrogen-bond acceptors (Lipinski definition) is 4. The average Bonchev–Trinajstić information content (AvgIpc) is 2.94. The summed E-state index contributed by atoms with van der Waals surface area (Å²) in [6.45, 7) is 1.33. The Morgan fingerprint density at radius 1 is 1.14 bits per heavy atom. The zero-order valence-corrected chi connectivity index (χ0v) is 16.0. The van der Waals surface area contributed by atoms with Crippen LogP contribution in [0.25, 0.3) is 0 Å². The maximum Gasteiger partial charge on any atom is 0.341 e. The monoisotopic (exact) mass is 394 g/mol. The van der Waals surface area contributed by atoms with E-state index in [1.165, 1.54) is 0 Å². The van der Waals surface area contributed by atoms with Gasteiger partial charge in [-0.25, -0.2) is 4.79 Å². The Bertz CT molecular complexity index is 1070. The summed E-state index contributed by atoms with van der Waals surface area (Å²) in [5.74, 6) is -1.62. The molecule has 1 fully saturated rings. The van der Waals surface area contributed by atoms with Crippen molar-refractivity contribution in [3.63, 3.8) is 0 Å². The molecular formula is C22H22N2O5. The summed E-state index contributed by atoms with van der Waals surface area (Å²) in [6.07, 6.45) is 3.98. The third kappa shape index (κ3) is 2.60. The number of nitrogens with zero attached hydrogens (tertiary/aromatic N) is 2. The molecule has 29 heavy (non-hydrogen) atoms. The SMILES string of the molecule is O=C(O)c1c2n3c(c(OCc4ccccc4)c1=O)C(=O)N1CCCCC3(CC2)C1. The summed E-state index contributed by atoms with van der Waals surface area (Å²) < 4.78 is 7.74. The van der Waals surface area contributed by atoms with Crippen LogP contribution >= 0.6 is 0 Å². The fraction of sp³-hybridized carbons (Fsp3) is 0.409. The number of fused-ring (bicyclic) bond motifs is 1. The molecule has 7 nitrogen and oxygen atoms in total. The molecule has 2 aromatic rings. The Morgan fingerprint density at radius 3 is 2.69 bits per heavy atom. The number of ether oxygens (including phenoxy) is 1. The van der Waals surface area contributed by atoms with Crippen LogP contribution in [0.5, 0.6) is 5.75 Å². The third-order valence-corrected chi connectivity index (χ3v) is 6.47. The van der Waals surface area contributed by atoms with Gasteiger partial charge in [-0.3, -0.25) is 9.59 Å². The van der Waals surface area contributed by atoms with E-state index in [1.54, 1.807) is 0 Å². The van der Waals surface area contributed by atoms with Crippen LogP contribution < -0.4 is 10.2 Å². The summed E-state index contributed by atoms with van der Waals surface area (Å²) in [6, 6.07) is 9.33. The molecule has 1 unspecified atom stereocenters. The third-order valence-electron chi connectivity index (χ3n) is 6.47. The van der Waals surface area contributed by atoms with Gasteiger partial charge in [-0.15, -0.1) is 0 Å². The topological polar surface area (TPSA) is 88.8 Å². The van der Waals surface area contributed by atoms with E-state index in [-0.39, 0.29) is 35.1 Å². The minimum Gasteiger partial charge on any atom is -0.483 e. The number of rotatable bonds is 4. The van der Waals surface area contributed by atoms with E-state index in [0.29, 0.717) is 25.2 Å². The highest BCUT2D eigenvalue weighted by Gasteiger charge is 2.50. The van der Waals surface area contributed by atoms with Crippen molar-refractivity contribution in [2.75, 3.05) is 13.1 Å². The van der Waals surface area contributed by atoms with Crippen LogP contribution in [0.4, 0.5) is 0 Å². The molecule has 7 heteroatoms. The lowest BCUT2D eigenvalue weighted by atomic mass is 9.89. The van der Waals surface area contributed by atoms with Crippen LogP contribution in [0.1, 0.15) is 57.8 Å². The highest BCUT2D eigenvalue weighted by atomic mass is 16.5. The van der Waals surface area contributed by atoms with E-state index < -0.39 is 11.4 Å². The Kier molecular flexibility index (Phi) is 4.01. The van der Waals surface area contributed by atoms with E-state index in [1.807, 2.05) is 39.8 Å². The zero-order chi connectivity index (χ0) is 20.2. The van der Waals surface area contributed by atoms with Gasteiger partial charge in [0.25, 0.3) is 5.91 Å². The van der Waals surface area contributed by atoms with E-state index >= 15 is 0 Å². The lowest BCUT2D eigenvalue weighted by Gasteiger charge is -2.42. The summed E-state index contributed by atoms with van der Waals surface area (Å²) in [5, 5.41) is 9.79. The number of carboxylic acids is 1. The van der Waals surface area contributed by atoms with Gasteiger partial charge in [0.05, 0.1) is 5.54 Å². The predicted molar refractivity (Wildman–Crippen MR) is 104 cm³/mol. The minimum atomic E-state index is -1.26. The van der Waals surface area contributed by atoms with E-state index in [2.05, 4.69) is 0 Å². The Balaban J connectivity index is 1.73. The molecule has 1 N–H and O–H groups in total. The molecule has 0 aliphatic carbocycles. The molecular weight excluding hydrogens is 372 g/mol. The summed E-state index contributed by atoms with van der Waals surface area (Å²) in [5.41, 5.74) is 0.269. The molecule has 3 aliphatic rings.